The molecule has 106 valence electrons. The van der Waals surface area contributed by atoms with E-state index in [1.54, 1.807) is 13.3 Å². The van der Waals surface area contributed by atoms with Crippen molar-refractivity contribution in [2.45, 2.75) is 6.54 Å². The van der Waals surface area contributed by atoms with Crippen LogP contribution in [0.2, 0.25) is 0 Å². The van der Waals surface area contributed by atoms with Crippen molar-refractivity contribution in [1.82, 2.24) is 9.97 Å². The molecular weight excluding hydrogens is 330 g/mol. The number of aromatic nitrogens is 2. The molecule has 4 nitrogen and oxygen atoms in total. The molecule has 5 heteroatoms. The fourth-order valence-corrected chi connectivity index (χ4v) is 2.67. The zero-order chi connectivity index (χ0) is 14.7. The Bertz CT molecular complexity index is 776. The number of halogens is 1. The number of ether oxygens (including phenoxy) is 1. The van der Waals surface area contributed by atoms with E-state index in [-0.39, 0.29) is 0 Å². The standard InChI is InChI=1S/C16H14BrN3O/c1-21-15-9-11(5-7-18-15)10-20-16-13-3-2-4-14(17)12(13)6-8-19-16/h2-9H,10H2,1H3,(H,19,20). The molecule has 0 spiro atoms. The molecule has 0 aliphatic carbocycles. The van der Waals surface area contributed by atoms with E-state index in [1.165, 1.54) is 0 Å². The quantitative estimate of drug-likeness (QED) is 0.777. The Kier molecular flexibility index (Phi) is 4.01. The van der Waals surface area contributed by atoms with Gasteiger partial charge in [0.05, 0.1) is 7.11 Å². The first kappa shape index (κ1) is 13.8. The monoisotopic (exact) mass is 343 g/mol. The van der Waals surface area contributed by atoms with Gasteiger partial charge in [0.1, 0.15) is 5.82 Å². The summed E-state index contributed by atoms with van der Waals surface area (Å²) in [6, 6.07) is 12.0. The maximum absolute atomic E-state index is 5.13. The van der Waals surface area contributed by atoms with Crippen LogP contribution in [-0.2, 0) is 6.54 Å². The molecule has 0 radical (unpaired) electrons. The number of nitrogens with one attached hydrogen (secondary N) is 1. The average Bonchev–Trinajstić information content (AvgIpc) is 2.53. The van der Waals surface area contributed by atoms with Gasteiger partial charge in [-0.25, -0.2) is 9.97 Å². The smallest absolute Gasteiger partial charge is 0.213 e. The van der Waals surface area contributed by atoms with Crippen molar-refractivity contribution >= 4 is 32.5 Å². The van der Waals surface area contributed by atoms with Crippen molar-refractivity contribution in [2.24, 2.45) is 0 Å². The number of hydrogen-bond donors (Lipinski definition) is 1. The van der Waals surface area contributed by atoms with Gasteiger partial charge >= 0.3 is 0 Å². The molecule has 0 aliphatic heterocycles. The van der Waals surface area contributed by atoms with Gasteiger partial charge in [0.15, 0.2) is 0 Å². The SMILES string of the molecule is COc1cc(CNc2nccc3c(Br)cccc23)ccn1. The molecule has 3 rings (SSSR count). The van der Waals surface area contributed by atoms with Gasteiger partial charge in [0, 0.05) is 40.2 Å². The van der Waals surface area contributed by atoms with Gasteiger partial charge in [-0.05, 0) is 23.8 Å². The van der Waals surface area contributed by atoms with Crippen LogP contribution < -0.4 is 10.1 Å². The topological polar surface area (TPSA) is 47.0 Å². The lowest BCUT2D eigenvalue weighted by molar-refractivity contribution is 0.397. The second kappa shape index (κ2) is 6.10. The number of hydrogen-bond acceptors (Lipinski definition) is 4. The largest absolute Gasteiger partial charge is 0.481 e. The van der Waals surface area contributed by atoms with E-state index in [2.05, 4.69) is 37.3 Å². The first-order valence-electron chi connectivity index (χ1n) is 6.54. The van der Waals surface area contributed by atoms with Crippen molar-refractivity contribution in [1.29, 1.82) is 0 Å². The summed E-state index contributed by atoms with van der Waals surface area (Å²) >= 11 is 3.57. The Morgan fingerprint density at radius 1 is 1.10 bits per heavy atom. The summed E-state index contributed by atoms with van der Waals surface area (Å²) < 4.78 is 6.20. The molecule has 0 atom stereocenters. The Morgan fingerprint density at radius 3 is 2.81 bits per heavy atom. The number of pyridine rings is 2. The number of fused-ring (bicyclic) bond motifs is 1. The zero-order valence-corrected chi connectivity index (χ0v) is 13.1. The lowest BCUT2D eigenvalue weighted by Gasteiger charge is -2.10. The first-order valence-corrected chi connectivity index (χ1v) is 7.33. The van der Waals surface area contributed by atoms with Gasteiger partial charge in [-0.3, -0.25) is 0 Å². The van der Waals surface area contributed by atoms with E-state index in [4.69, 9.17) is 4.74 Å². The average molecular weight is 344 g/mol. The number of nitrogens with zero attached hydrogens (tertiary/aromatic N) is 2. The van der Waals surface area contributed by atoms with E-state index in [0.29, 0.717) is 12.4 Å². The van der Waals surface area contributed by atoms with E-state index < -0.39 is 0 Å². The minimum absolute atomic E-state index is 0.614. The summed E-state index contributed by atoms with van der Waals surface area (Å²) in [5.41, 5.74) is 1.09. The van der Waals surface area contributed by atoms with Crippen molar-refractivity contribution in [3.05, 3.63) is 58.8 Å². The summed E-state index contributed by atoms with van der Waals surface area (Å²) in [6.07, 6.45) is 3.55. The molecule has 3 aromatic rings. The molecule has 2 heterocycles. The van der Waals surface area contributed by atoms with Crippen molar-refractivity contribution in [3.63, 3.8) is 0 Å². The van der Waals surface area contributed by atoms with Gasteiger partial charge in [0.2, 0.25) is 5.88 Å². The fraction of sp³-hybridized carbons (Fsp3) is 0.125. The molecule has 1 N–H and O–H groups in total. The summed E-state index contributed by atoms with van der Waals surface area (Å²) in [5, 5.41) is 5.60. The van der Waals surface area contributed by atoms with Crippen molar-refractivity contribution in [2.75, 3.05) is 12.4 Å². The lowest BCUT2D eigenvalue weighted by atomic mass is 10.1. The van der Waals surface area contributed by atoms with Gasteiger partial charge < -0.3 is 10.1 Å². The first-order chi connectivity index (χ1) is 10.3. The van der Waals surface area contributed by atoms with Crippen LogP contribution in [-0.4, -0.2) is 17.1 Å². The number of methoxy groups -OCH3 is 1. The normalized spacial score (nSPS) is 10.6. The van der Waals surface area contributed by atoms with E-state index >= 15 is 0 Å². The number of rotatable bonds is 4. The van der Waals surface area contributed by atoms with Crippen LogP contribution in [0.1, 0.15) is 5.56 Å². The zero-order valence-electron chi connectivity index (χ0n) is 11.5. The Hall–Kier alpha value is -2.14. The predicted molar refractivity (Wildman–Crippen MR) is 87.6 cm³/mol. The van der Waals surface area contributed by atoms with Gasteiger partial charge in [-0.1, -0.05) is 28.1 Å². The molecule has 0 amide bonds. The summed E-state index contributed by atoms with van der Waals surface area (Å²) in [6.45, 7) is 0.664. The lowest BCUT2D eigenvalue weighted by Crippen LogP contribution is -2.02. The van der Waals surface area contributed by atoms with Gasteiger partial charge in [-0.2, -0.15) is 0 Å². The number of benzene rings is 1. The molecule has 0 aliphatic rings. The highest BCUT2D eigenvalue weighted by molar-refractivity contribution is 9.10. The maximum atomic E-state index is 5.13. The maximum Gasteiger partial charge on any atom is 0.213 e. The fourth-order valence-electron chi connectivity index (χ4n) is 2.17. The number of anilines is 1. The molecule has 0 bridgehead atoms. The highest BCUT2D eigenvalue weighted by Gasteiger charge is 2.05. The van der Waals surface area contributed by atoms with E-state index in [0.717, 1.165) is 26.6 Å². The molecule has 0 saturated carbocycles. The van der Waals surface area contributed by atoms with Crippen LogP contribution >= 0.6 is 15.9 Å². The molecule has 1 aromatic carbocycles. The third kappa shape index (κ3) is 2.97. The Morgan fingerprint density at radius 2 is 1.95 bits per heavy atom. The minimum atomic E-state index is 0.614. The van der Waals surface area contributed by atoms with E-state index in [1.807, 2.05) is 36.5 Å². The molecular formula is C16H14BrN3O. The van der Waals surface area contributed by atoms with Crippen LogP contribution in [0.4, 0.5) is 5.82 Å². The van der Waals surface area contributed by atoms with Crippen LogP contribution in [0.25, 0.3) is 10.8 Å². The molecule has 0 fully saturated rings. The highest BCUT2D eigenvalue weighted by atomic mass is 79.9. The van der Waals surface area contributed by atoms with Crippen molar-refractivity contribution in [3.8, 4) is 5.88 Å². The second-order valence-electron chi connectivity index (χ2n) is 4.55. The second-order valence-corrected chi connectivity index (χ2v) is 5.41. The highest BCUT2D eigenvalue weighted by Crippen LogP contribution is 2.27. The third-order valence-corrected chi connectivity index (χ3v) is 3.91. The molecule has 0 unspecified atom stereocenters. The van der Waals surface area contributed by atoms with Crippen LogP contribution in [0, 0.1) is 0 Å². The Labute approximate surface area is 131 Å². The molecule has 2 aromatic heterocycles. The Balaban J connectivity index is 1.87. The summed E-state index contributed by atoms with van der Waals surface area (Å²) in [7, 11) is 1.61. The summed E-state index contributed by atoms with van der Waals surface area (Å²) in [4.78, 5) is 8.53. The third-order valence-electron chi connectivity index (χ3n) is 3.22. The van der Waals surface area contributed by atoms with E-state index in [9.17, 15) is 0 Å². The van der Waals surface area contributed by atoms with Crippen LogP contribution in [0.3, 0.4) is 0 Å². The van der Waals surface area contributed by atoms with Gasteiger partial charge in [-0.15, -0.1) is 0 Å². The summed E-state index contributed by atoms with van der Waals surface area (Å²) in [5.74, 6) is 1.48. The minimum Gasteiger partial charge on any atom is -0.481 e. The molecule has 0 saturated heterocycles. The van der Waals surface area contributed by atoms with Crippen LogP contribution in [0.15, 0.2) is 53.3 Å². The van der Waals surface area contributed by atoms with Crippen molar-refractivity contribution < 1.29 is 4.74 Å². The van der Waals surface area contributed by atoms with Crippen LogP contribution in [0.5, 0.6) is 5.88 Å². The predicted octanol–water partition coefficient (Wildman–Crippen LogP) is 4.01. The molecule has 21 heavy (non-hydrogen) atoms. The van der Waals surface area contributed by atoms with Gasteiger partial charge in [0.25, 0.3) is 0 Å².